The fourth-order valence-corrected chi connectivity index (χ4v) is 2.60. The fraction of sp³-hybridized carbons (Fsp3) is 0.389. The van der Waals surface area contributed by atoms with Crippen LogP contribution in [-0.4, -0.2) is 31.3 Å². The predicted molar refractivity (Wildman–Crippen MR) is 90.9 cm³/mol. The van der Waals surface area contributed by atoms with Gasteiger partial charge in [0.25, 0.3) is 5.88 Å². The smallest absolute Gasteiger partial charge is 0.257 e. The molecule has 128 valence electrons. The fourth-order valence-electron chi connectivity index (χ4n) is 2.60. The molecule has 6 nitrogen and oxygen atoms in total. The van der Waals surface area contributed by atoms with Crippen molar-refractivity contribution in [3.8, 4) is 11.6 Å². The average molecular weight is 329 g/mol. The van der Waals surface area contributed by atoms with Crippen molar-refractivity contribution in [3.05, 3.63) is 53.7 Å². The number of rotatable bonds is 7. The summed E-state index contributed by atoms with van der Waals surface area (Å²) < 4.78 is 11.5. The third kappa shape index (κ3) is 4.23. The van der Waals surface area contributed by atoms with Crippen LogP contribution in [0.4, 0.5) is 0 Å². The first-order valence-electron chi connectivity index (χ1n) is 8.09. The minimum Gasteiger partial charge on any atom is -0.484 e. The van der Waals surface area contributed by atoms with Crippen LogP contribution in [-0.2, 0) is 11.4 Å². The van der Waals surface area contributed by atoms with Gasteiger partial charge in [0.1, 0.15) is 12.7 Å². The molecule has 0 aliphatic carbocycles. The van der Waals surface area contributed by atoms with Crippen LogP contribution >= 0.6 is 0 Å². The summed E-state index contributed by atoms with van der Waals surface area (Å²) in [5.74, 6) is 1.28. The number of nitrogens with one attached hydrogen (secondary N) is 2. The highest BCUT2D eigenvalue weighted by atomic mass is 16.6. The van der Waals surface area contributed by atoms with Crippen LogP contribution in [0.3, 0.4) is 0 Å². The zero-order valence-electron chi connectivity index (χ0n) is 14.0. The van der Waals surface area contributed by atoms with Crippen molar-refractivity contribution < 1.29 is 14.3 Å². The maximum atomic E-state index is 5.83. The number of nitrogens with zero attached hydrogens (tertiary/aromatic N) is 1. The third-order valence-electron chi connectivity index (χ3n) is 3.91. The van der Waals surface area contributed by atoms with Gasteiger partial charge in [-0.3, -0.25) is 0 Å². The maximum Gasteiger partial charge on any atom is 0.257 e. The standard InChI is InChI=1S/C18H23N3O3/c1-13(21-22-2)15-7-5-14(6-8-15)10-19-11-16-12-23-17-4-3-9-20-18(17)24-16/h3-9,13,16,19,21H,10-12H2,1-2H3/t13-,16+/m1/s1. The van der Waals surface area contributed by atoms with Crippen LogP contribution in [0.25, 0.3) is 0 Å². The molecule has 1 aliphatic heterocycles. The van der Waals surface area contributed by atoms with Gasteiger partial charge in [0.2, 0.25) is 0 Å². The molecular weight excluding hydrogens is 306 g/mol. The summed E-state index contributed by atoms with van der Waals surface area (Å²) in [7, 11) is 1.62. The first kappa shape index (κ1) is 16.7. The SMILES string of the molecule is CON[C@H](C)c1ccc(CNC[C@H]2COc3cccnc3O2)cc1. The topological polar surface area (TPSA) is 64.6 Å². The molecule has 0 amide bonds. The minimum absolute atomic E-state index is 0.0300. The molecule has 1 aromatic heterocycles. The zero-order valence-corrected chi connectivity index (χ0v) is 14.0. The van der Waals surface area contributed by atoms with Gasteiger partial charge in [-0.05, 0) is 30.2 Å². The van der Waals surface area contributed by atoms with Crippen molar-refractivity contribution in [2.75, 3.05) is 20.3 Å². The molecule has 0 radical (unpaired) electrons. The number of hydrogen-bond acceptors (Lipinski definition) is 6. The third-order valence-corrected chi connectivity index (χ3v) is 3.91. The van der Waals surface area contributed by atoms with E-state index < -0.39 is 0 Å². The summed E-state index contributed by atoms with van der Waals surface area (Å²) in [4.78, 5) is 9.14. The number of fused-ring (bicyclic) bond motifs is 1. The van der Waals surface area contributed by atoms with E-state index in [4.69, 9.17) is 14.3 Å². The van der Waals surface area contributed by atoms with Gasteiger partial charge < -0.3 is 19.6 Å². The first-order valence-corrected chi connectivity index (χ1v) is 8.09. The Morgan fingerprint density at radius 1 is 1.29 bits per heavy atom. The van der Waals surface area contributed by atoms with Crippen molar-refractivity contribution in [1.29, 1.82) is 0 Å². The lowest BCUT2D eigenvalue weighted by molar-refractivity contribution is 0.0659. The van der Waals surface area contributed by atoms with Crippen LogP contribution in [0.2, 0.25) is 0 Å². The Morgan fingerprint density at radius 2 is 2.12 bits per heavy atom. The lowest BCUT2D eigenvalue weighted by atomic mass is 10.1. The average Bonchev–Trinajstić information content (AvgIpc) is 2.62. The zero-order chi connectivity index (χ0) is 16.8. The van der Waals surface area contributed by atoms with E-state index in [2.05, 4.69) is 47.0 Å². The summed E-state index contributed by atoms with van der Waals surface area (Å²) in [5, 5.41) is 3.40. The van der Waals surface area contributed by atoms with E-state index in [1.54, 1.807) is 13.3 Å². The van der Waals surface area contributed by atoms with Crippen LogP contribution in [0, 0.1) is 0 Å². The molecule has 0 spiro atoms. The predicted octanol–water partition coefficient (Wildman–Crippen LogP) is 2.22. The molecule has 0 saturated carbocycles. The molecule has 0 bridgehead atoms. The molecule has 24 heavy (non-hydrogen) atoms. The molecule has 2 aromatic rings. The highest BCUT2D eigenvalue weighted by Gasteiger charge is 2.21. The lowest BCUT2D eigenvalue weighted by Crippen LogP contribution is -2.38. The largest absolute Gasteiger partial charge is 0.484 e. The first-order chi connectivity index (χ1) is 11.8. The highest BCUT2D eigenvalue weighted by molar-refractivity contribution is 5.34. The Hall–Kier alpha value is -2.15. The number of hydrogen-bond donors (Lipinski definition) is 2. The molecule has 0 unspecified atom stereocenters. The van der Waals surface area contributed by atoms with E-state index in [-0.39, 0.29) is 12.1 Å². The van der Waals surface area contributed by atoms with E-state index in [9.17, 15) is 0 Å². The minimum atomic E-state index is -0.0300. The van der Waals surface area contributed by atoms with Gasteiger partial charge in [-0.1, -0.05) is 24.3 Å². The van der Waals surface area contributed by atoms with Crippen molar-refractivity contribution in [3.63, 3.8) is 0 Å². The monoisotopic (exact) mass is 329 g/mol. The van der Waals surface area contributed by atoms with E-state index in [1.165, 1.54) is 11.1 Å². The van der Waals surface area contributed by atoms with Crippen molar-refractivity contribution in [2.24, 2.45) is 0 Å². The van der Waals surface area contributed by atoms with E-state index in [1.807, 2.05) is 12.1 Å². The number of hydroxylamine groups is 1. The van der Waals surface area contributed by atoms with Gasteiger partial charge in [0, 0.05) is 19.3 Å². The normalized spacial score (nSPS) is 17.5. The van der Waals surface area contributed by atoms with Crippen LogP contribution in [0.15, 0.2) is 42.6 Å². The van der Waals surface area contributed by atoms with Gasteiger partial charge in [-0.2, -0.15) is 5.48 Å². The molecule has 2 atom stereocenters. The highest BCUT2D eigenvalue weighted by Crippen LogP contribution is 2.28. The summed E-state index contributed by atoms with van der Waals surface area (Å²) >= 11 is 0. The van der Waals surface area contributed by atoms with E-state index >= 15 is 0 Å². The van der Waals surface area contributed by atoms with Crippen LogP contribution in [0.5, 0.6) is 11.6 Å². The second kappa shape index (κ2) is 8.10. The van der Waals surface area contributed by atoms with Crippen molar-refractivity contribution in [2.45, 2.75) is 25.6 Å². The molecule has 1 aliphatic rings. The Morgan fingerprint density at radius 3 is 2.92 bits per heavy atom. The Labute approximate surface area is 142 Å². The molecule has 1 aromatic carbocycles. The molecular formula is C18H23N3O3. The second-order valence-corrected chi connectivity index (χ2v) is 5.77. The molecule has 2 N–H and O–H groups in total. The van der Waals surface area contributed by atoms with Crippen LogP contribution < -0.4 is 20.3 Å². The summed E-state index contributed by atoms with van der Waals surface area (Å²) in [6.45, 7) is 4.08. The molecule has 0 saturated heterocycles. The summed E-state index contributed by atoms with van der Waals surface area (Å²) in [6.07, 6.45) is 1.68. The van der Waals surface area contributed by atoms with Gasteiger partial charge in [0.15, 0.2) is 5.75 Å². The Balaban J connectivity index is 1.45. The molecule has 3 rings (SSSR count). The number of aromatic nitrogens is 1. The quantitative estimate of drug-likeness (QED) is 0.760. The number of ether oxygens (including phenoxy) is 2. The second-order valence-electron chi connectivity index (χ2n) is 5.77. The van der Waals surface area contributed by atoms with E-state index in [0.717, 1.165) is 6.54 Å². The number of benzene rings is 1. The Bertz CT molecular complexity index is 648. The van der Waals surface area contributed by atoms with Gasteiger partial charge >= 0.3 is 0 Å². The van der Waals surface area contributed by atoms with Crippen molar-refractivity contribution in [1.82, 2.24) is 15.8 Å². The molecule has 0 fully saturated rings. The summed E-state index contributed by atoms with van der Waals surface area (Å²) in [6, 6.07) is 12.3. The van der Waals surface area contributed by atoms with Gasteiger partial charge in [0.05, 0.1) is 13.2 Å². The van der Waals surface area contributed by atoms with Gasteiger partial charge in [-0.25, -0.2) is 4.98 Å². The summed E-state index contributed by atoms with van der Waals surface area (Å²) in [5.41, 5.74) is 5.33. The van der Waals surface area contributed by atoms with E-state index in [0.29, 0.717) is 24.8 Å². The molecule has 6 heteroatoms. The van der Waals surface area contributed by atoms with Crippen molar-refractivity contribution >= 4 is 0 Å². The number of pyridine rings is 1. The van der Waals surface area contributed by atoms with Crippen LogP contribution in [0.1, 0.15) is 24.1 Å². The maximum absolute atomic E-state index is 5.83. The Kier molecular flexibility index (Phi) is 5.63. The van der Waals surface area contributed by atoms with Gasteiger partial charge in [-0.15, -0.1) is 0 Å². The molecule has 2 heterocycles. The lowest BCUT2D eigenvalue weighted by Gasteiger charge is -2.25.